The zero-order valence-electron chi connectivity index (χ0n) is 9.57. The number of hydrogen-bond donors (Lipinski definition) is 1. The van der Waals surface area contributed by atoms with Crippen LogP contribution in [0.1, 0.15) is 11.3 Å². The average Bonchev–Trinajstić information content (AvgIpc) is 2.38. The average molecular weight is 283 g/mol. The summed E-state index contributed by atoms with van der Waals surface area (Å²) in [6, 6.07) is 8.87. The second-order valence-electron chi connectivity index (χ2n) is 3.68. The molecule has 3 nitrogen and oxygen atoms in total. The molecule has 94 valence electrons. The molecule has 1 heterocycles. The fraction of sp³-hybridized carbons (Fsp3) is 0.154. The predicted octanol–water partition coefficient (Wildman–Crippen LogP) is 3.43. The van der Waals surface area contributed by atoms with Crippen LogP contribution < -0.4 is 10.5 Å². The fourth-order valence-corrected chi connectivity index (χ4v) is 1.99. The fourth-order valence-electron chi connectivity index (χ4n) is 1.53. The van der Waals surface area contributed by atoms with Gasteiger partial charge in [0.2, 0.25) is 0 Å². The lowest BCUT2D eigenvalue weighted by molar-refractivity contribution is 0.300. The molecule has 0 radical (unpaired) electrons. The molecule has 0 saturated heterocycles. The van der Waals surface area contributed by atoms with Crippen molar-refractivity contribution in [2.75, 3.05) is 0 Å². The maximum atomic E-state index is 6.01. The van der Waals surface area contributed by atoms with Gasteiger partial charge in [-0.25, -0.2) is 0 Å². The summed E-state index contributed by atoms with van der Waals surface area (Å²) in [6.07, 6.45) is 1.71. The molecule has 0 amide bonds. The van der Waals surface area contributed by atoms with Gasteiger partial charge in [0, 0.05) is 17.8 Å². The van der Waals surface area contributed by atoms with Gasteiger partial charge in [-0.15, -0.1) is 0 Å². The molecule has 0 bridgehead atoms. The van der Waals surface area contributed by atoms with E-state index in [1.807, 2.05) is 12.1 Å². The number of halogens is 2. The van der Waals surface area contributed by atoms with Crippen LogP contribution in [0, 0.1) is 0 Å². The van der Waals surface area contributed by atoms with Crippen LogP contribution in [0.4, 0.5) is 0 Å². The van der Waals surface area contributed by atoms with Crippen molar-refractivity contribution in [2.24, 2.45) is 5.73 Å². The minimum Gasteiger partial charge on any atom is -0.486 e. The molecule has 0 atom stereocenters. The van der Waals surface area contributed by atoms with E-state index in [0.29, 0.717) is 28.9 Å². The second kappa shape index (κ2) is 6.05. The minimum atomic E-state index is 0.328. The highest BCUT2D eigenvalue weighted by Gasteiger charge is 2.06. The molecule has 0 saturated carbocycles. The largest absolute Gasteiger partial charge is 0.486 e. The Kier molecular flexibility index (Phi) is 4.42. The van der Waals surface area contributed by atoms with Gasteiger partial charge >= 0.3 is 0 Å². The first-order valence-corrected chi connectivity index (χ1v) is 6.17. The summed E-state index contributed by atoms with van der Waals surface area (Å²) in [5.74, 6) is 0.578. The van der Waals surface area contributed by atoms with Crippen molar-refractivity contribution < 1.29 is 4.74 Å². The molecule has 0 fully saturated rings. The van der Waals surface area contributed by atoms with E-state index in [1.54, 1.807) is 24.4 Å². The van der Waals surface area contributed by atoms with Crippen molar-refractivity contribution in [3.63, 3.8) is 0 Å². The van der Waals surface area contributed by atoms with E-state index in [0.717, 1.165) is 11.3 Å². The van der Waals surface area contributed by atoms with E-state index in [1.165, 1.54) is 0 Å². The number of nitrogens with zero attached hydrogens (tertiary/aromatic N) is 1. The molecule has 2 N–H and O–H groups in total. The van der Waals surface area contributed by atoms with Gasteiger partial charge in [0.1, 0.15) is 12.4 Å². The highest BCUT2D eigenvalue weighted by molar-refractivity contribution is 6.35. The number of ether oxygens (including phenoxy) is 1. The molecule has 0 aliphatic rings. The van der Waals surface area contributed by atoms with Crippen molar-refractivity contribution in [3.05, 3.63) is 57.8 Å². The van der Waals surface area contributed by atoms with Crippen molar-refractivity contribution in [1.29, 1.82) is 0 Å². The molecular weight excluding hydrogens is 271 g/mol. The molecule has 0 aliphatic carbocycles. The SMILES string of the molecule is NCc1cccnc1COc1ccc(Cl)cc1Cl. The summed E-state index contributed by atoms with van der Waals surface area (Å²) in [7, 11) is 0. The maximum absolute atomic E-state index is 6.01. The molecular formula is C13H12Cl2N2O. The van der Waals surface area contributed by atoms with Gasteiger partial charge in [-0.2, -0.15) is 0 Å². The summed E-state index contributed by atoms with van der Waals surface area (Å²) >= 11 is 11.8. The Morgan fingerprint density at radius 1 is 1.22 bits per heavy atom. The van der Waals surface area contributed by atoms with E-state index >= 15 is 0 Å². The van der Waals surface area contributed by atoms with Crippen molar-refractivity contribution in [3.8, 4) is 5.75 Å². The van der Waals surface area contributed by atoms with Gasteiger partial charge in [-0.05, 0) is 29.8 Å². The third-order valence-electron chi connectivity index (χ3n) is 2.46. The molecule has 1 aromatic carbocycles. The van der Waals surface area contributed by atoms with Crippen LogP contribution in [0.5, 0.6) is 5.75 Å². The summed E-state index contributed by atoms with van der Waals surface area (Å²) in [5, 5.41) is 1.06. The summed E-state index contributed by atoms with van der Waals surface area (Å²) < 4.78 is 5.61. The number of rotatable bonds is 4. The van der Waals surface area contributed by atoms with Crippen LogP contribution in [0.25, 0.3) is 0 Å². The first-order chi connectivity index (χ1) is 8.70. The lowest BCUT2D eigenvalue weighted by atomic mass is 10.2. The minimum absolute atomic E-state index is 0.328. The topological polar surface area (TPSA) is 48.1 Å². The Bertz CT molecular complexity index is 546. The molecule has 0 spiro atoms. The van der Waals surface area contributed by atoms with Crippen molar-refractivity contribution in [2.45, 2.75) is 13.2 Å². The van der Waals surface area contributed by atoms with Gasteiger partial charge in [-0.1, -0.05) is 29.3 Å². The lowest BCUT2D eigenvalue weighted by Gasteiger charge is -2.10. The molecule has 1 aromatic heterocycles. The predicted molar refractivity (Wildman–Crippen MR) is 72.9 cm³/mol. The van der Waals surface area contributed by atoms with Crippen molar-refractivity contribution >= 4 is 23.2 Å². The number of pyridine rings is 1. The van der Waals surface area contributed by atoms with Crippen LogP contribution in [-0.4, -0.2) is 4.98 Å². The molecule has 0 unspecified atom stereocenters. The van der Waals surface area contributed by atoms with E-state index in [2.05, 4.69) is 4.98 Å². The van der Waals surface area contributed by atoms with E-state index < -0.39 is 0 Å². The third-order valence-corrected chi connectivity index (χ3v) is 2.99. The molecule has 2 rings (SSSR count). The van der Waals surface area contributed by atoms with Crippen molar-refractivity contribution in [1.82, 2.24) is 4.98 Å². The second-order valence-corrected chi connectivity index (χ2v) is 4.52. The number of benzene rings is 1. The zero-order valence-corrected chi connectivity index (χ0v) is 11.1. The first-order valence-electron chi connectivity index (χ1n) is 5.41. The van der Waals surface area contributed by atoms with Gasteiger partial charge in [0.05, 0.1) is 10.7 Å². The smallest absolute Gasteiger partial charge is 0.138 e. The third kappa shape index (κ3) is 3.13. The van der Waals surface area contributed by atoms with Gasteiger partial charge in [0.15, 0.2) is 0 Å². The Labute approximate surface area is 115 Å². The first kappa shape index (κ1) is 13.1. The summed E-state index contributed by atoms with van der Waals surface area (Å²) in [6.45, 7) is 0.760. The quantitative estimate of drug-likeness (QED) is 0.935. The van der Waals surface area contributed by atoms with Gasteiger partial charge in [0.25, 0.3) is 0 Å². The highest BCUT2D eigenvalue weighted by atomic mass is 35.5. The Morgan fingerprint density at radius 2 is 2.06 bits per heavy atom. The molecule has 5 heteroatoms. The Morgan fingerprint density at radius 3 is 2.78 bits per heavy atom. The number of hydrogen-bond acceptors (Lipinski definition) is 3. The van der Waals surface area contributed by atoms with Crippen LogP contribution in [0.3, 0.4) is 0 Å². The monoisotopic (exact) mass is 282 g/mol. The maximum Gasteiger partial charge on any atom is 0.138 e. The normalized spacial score (nSPS) is 10.4. The lowest BCUT2D eigenvalue weighted by Crippen LogP contribution is -2.06. The van der Waals surface area contributed by atoms with E-state index in [-0.39, 0.29) is 0 Å². The number of aromatic nitrogens is 1. The highest BCUT2D eigenvalue weighted by Crippen LogP contribution is 2.28. The molecule has 2 aromatic rings. The molecule has 18 heavy (non-hydrogen) atoms. The van der Waals surface area contributed by atoms with Crippen LogP contribution >= 0.6 is 23.2 Å². The summed E-state index contributed by atoms with van der Waals surface area (Å²) in [5.41, 5.74) is 7.40. The van der Waals surface area contributed by atoms with Gasteiger partial charge in [-0.3, -0.25) is 4.98 Å². The zero-order chi connectivity index (χ0) is 13.0. The van der Waals surface area contributed by atoms with Gasteiger partial charge < -0.3 is 10.5 Å². The Balaban J connectivity index is 2.11. The van der Waals surface area contributed by atoms with Crippen LogP contribution in [0.15, 0.2) is 36.5 Å². The number of nitrogens with two attached hydrogens (primary N) is 1. The van der Waals surface area contributed by atoms with Crippen LogP contribution in [-0.2, 0) is 13.2 Å². The Hall–Kier alpha value is -1.29. The van der Waals surface area contributed by atoms with E-state index in [9.17, 15) is 0 Å². The van der Waals surface area contributed by atoms with Crippen LogP contribution in [0.2, 0.25) is 10.0 Å². The summed E-state index contributed by atoms with van der Waals surface area (Å²) in [4.78, 5) is 4.24. The standard InChI is InChI=1S/C13H12Cl2N2O/c14-10-3-4-13(11(15)6-10)18-8-12-9(7-16)2-1-5-17-12/h1-6H,7-8,16H2. The molecule has 0 aliphatic heterocycles. The van der Waals surface area contributed by atoms with E-state index in [4.69, 9.17) is 33.7 Å².